The number of carbonyl (C=O) groups is 1. The van der Waals surface area contributed by atoms with Crippen LogP contribution in [-0.4, -0.2) is 75.4 Å². The number of aryl methyl sites for hydroxylation is 2. The molecule has 0 radical (unpaired) electrons. The third kappa shape index (κ3) is 5.80. The van der Waals surface area contributed by atoms with Crippen molar-refractivity contribution < 1.29 is 4.79 Å². The molecule has 1 aliphatic heterocycles. The molecule has 1 saturated heterocycles. The van der Waals surface area contributed by atoms with E-state index in [1.807, 2.05) is 32.3 Å². The van der Waals surface area contributed by atoms with Gasteiger partial charge in [0.2, 0.25) is 5.91 Å². The molecule has 2 aliphatic carbocycles. The molecule has 3 fully saturated rings. The van der Waals surface area contributed by atoms with Crippen molar-refractivity contribution in [3.05, 3.63) is 39.9 Å². The van der Waals surface area contributed by atoms with E-state index in [1.54, 1.807) is 4.57 Å². The van der Waals surface area contributed by atoms with Gasteiger partial charge in [-0.3, -0.25) is 19.5 Å². The fraction of sp³-hybridized carbons (Fsp3) is 0.700. The lowest BCUT2D eigenvalue weighted by molar-refractivity contribution is -0.127. The number of nitrogens with zero attached hydrogens (tertiary/aromatic N) is 4. The Morgan fingerprint density at radius 2 is 1.87 bits per heavy atom. The Hall–Kier alpha value is -1.96. The fourth-order valence-corrected chi connectivity index (χ4v) is 7.56. The molecule has 5 rings (SSSR count). The molecule has 38 heavy (non-hydrogen) atoms. The highest BCUT2D eigenvalue weighted by atomic mass is 35.5. The van der Waals surface area contributed by atoms with Gasteiger partial charge in [0.05, 0.1) is 5.52 Å². The first-order valence-corrected chi connectivity index (χ1v) is 15.0. The zero-order valence-electron chi connectivity index (χ0n) is 23.5. The van der Waals surface area contributed by atoms with Crippen molar-refractivity contribution in [3.63, 3.8) is 0 Å². The van der Waals surface area contributed by atoms with Crippen LogP contribution >= 0.6 is 11.6 Å². The van der Waals surface area contributed by atoms with Crippen molar-refractivity contribution in [2.75, 3.05) is 32.7 Å². The zero-order valence-corrected chi connectivity index (χ0v) is 24.2. The van der Waals surface area contributed by atoms with Gasteiger partial charge in [0.25, 0.3) is 5.56 Å². The minimum absolute atomic E-state index is 0.0406. The van der Waals surface area contributed by atoms with Gasteiger partial charge in [-0.05, 0) is 76.0 Å². The standard InChI is InChI=1S/C30H44ClN5O2/c1-5-35-8-10-36(11-9-35)25-14-21(13-23(31)16-25)29(37)33-24-7-6-19(2)26(17-24)27-15-22-18-32-20(3)12-28(22)34(4)30(27)38/h12,15,18-19,21,23-26H,5-11,13-14,16-17H2,1-4H3,(H,33,37). The Balaban J connectivity index is 1.26. The van der Waals surface area contributed by atoms with E-state index in [2.05, 4.69) is 33.9 Å². The number of halogens is 1. The highest BCUT2D eigenvalue weighted by Crippen LogP contribution is 2.38. The molecule has 0 spiro atoms. The molecular formula is C30H44ClN5O2. The number of hydrogen-bond donors (Lipinski definition) is 1. The topological polar surface area (TPSA) is 70.5 Å². The van der Waals surface area contributed by atoms with Gasteiger partial charge in [0, 0.05) is 79.4 Å². The van der Waals surface area contributed by atoms with E-state index in [4.69, 9.17) is 11.6 Å². The summed E-state index contributed by atoms with van der Waals surface area (Å²) >= 11 is 6.72. The van der Waals surface area contributed by atoms with Crippen LogP contribution in [0.25, 0.3) is 10.9 Å². The summed E-state index contributed by atoms with van der Waals surface area (Å²) < 4.78 is 1.76. The molecule has 3 aliphatic rings. The summed E-state index contributed by atoms with van der Waals surface area (Å²) in [6.45, 7) is 11.8. The average Bonchev–Trinajstić information content (AvgIpc) is 2.92. The maximum atomic E-state index is 13.5. The molecule has 8 heteroatoms. The first kappa shape index (κ1) is 27.6. The normalized spacial score (nSPS) is 31.4. The first-order valence-electron chi connectivity index (χ1n) is 14.6. The second-order valence-corrected chi connectivity index (χ2v) is 12.7. The third-order valence-electron chi connectivity index (χ3n) is 9.58. The van der Waals surface area contributed by atoms with Crippen LogP contribution in [-0.2, 0) is 11.8 Å². The number of hydrogen-bond acceptors (Lipinski definition) is 5. The number of nitrogens with one attached hydrogen (secondary N) is 1. The Labute approximate surface area is 231 Å². The second kappa shape index (κ2) is 11.6. The van der Waals surface area contributed by atoms with E-state index >= 15 is 0 Å². The lowest BCUT2D eigenvalue weighted by atomic mass is 9.74. The van der Waals surface area contributed by atoms with Crippen molar-refractivity contribution in [3.8, 4) is 0 Å². The van der Waals surface area contributed by atoms with Crippen molar-refractivity contribution in [1.29, 1.82) is 0 Å². The van der Waals surface area contributed by atoms with Gasteiger partial charge in [0.1, 0.15) is 0 Å². The van der Waals surface area contributed by atoms with Crippen LogP contribution in [0.1, 0.15) is 69.5 Å². The highest BCUT2D eigenvalue weighted by Gasteiger charge is 2.38. The Morgan fingerprint density at radius 3 is 2.61 bits per heavy atom. The van der Waals surface area contributed by atoms with Gasteiger partial charge in [0.15, 0.2) is 0 Å². The molecule has 6 atom stereocenters. The quantitative estimate of drug-likeness (QED) is 0.578. The molecular weight excluding hydrogens is 498 g/mol. The van der Waals surface area contributed by atoms with Crippen LogP contribution in [0.2, 0.25) is 0 Å². The number of amides is 1. The van der Waals surface area contributed by atoms with Crippen molar-refractivity contribution in [2.24, 2.45) is 18.9 Å². The molecule has 1 N–H and O–H groups in total. The minimum atomic E-state index is -0.0406. The predicted molar refractivity (Wildman–Crippen MR) is 154 cm³/mol. The summed E-state index contributed by atoms with van der Waals surface area (Å²) in [5.41, 5.74) is 2.73. The van der Waals surface area contributed by atoms with E-state index in [9.17, 15) is 9.59 Å². The molecule has 0 aromatic carbocycles. The molecule has 2 aromatic heterocycles. The number of rotatable bonds is 5. The van der Waals surface area contributed by atoms with Crippen LogP contribution in [0, 0.1) is 18.8 Å². The number of likely N-dealkylation sites (N-methyl/N-ethyl adjacent to an activating group) is 1. The van der Waals surface area contributed by atoms with Crippen molar-refractivity contribution in [2.45, 2.75) is 82.7 Å². The number of piperazine rings is 1. The summed E-state index contributed by atoms with van der Waals surface area (Å²) in [4.78, 5) is 36.4. The SMILES string of the molecule is CCN1CCN(C2CC(Cl)CC(C(=O)NC3CCC(C)C(c4cc5cnc(C)cc5n(C)c4=O)C3)C2)CC1. The smallest absolute Gasteiger partial charge is 0.254 e. The summed E-state index contributed by atoms with van der Waals surface area (Å²) in [6.07, 6.45) is 7.24. The maximum absolute atomic E-state index is 13.5. The monoisotopic (exact) mass is 541 g/mol. The maximum Gasteiger partial charge on any atom is 0.254 e. The lowest BCUT2D eigenvalue weighted by Gasteiger charge is -2.43. The molecule has 2 saturated carbocycles. The third-order valence-corrected chi connectivity index (χ3v) is 9.94. The average molecular weight is 542 g/mol. The molecule has 6 unspecified atom stereocenters. The Morgan fingerprint density at radius 1 is 1.11 bits per heavy atom. The number of fused-ring (bicyclic) bond motifs is 1. The van der Waals surface area contributed by atoms with Crippen LogP contribution in [0.3, 0.4) is 0 Å². The van der Waals surface area contributed by atoms with Gasteiger partial charge in [-0.15, -0.1) is 11.6 Å². The molecule has 2 aromatic rings. The van der Waals surface area contributed by atoms with Crippen LogP contribution in [0.4, 0.5) is 0 Å². The summed E-state index contributed by atoms with van der Waals surface area (Å²) in [7, 11) is 1.85. The minimum Gasteiger partial charge on any atom is -0.353 e. The number of aromatic nitrogens is 2. The molecule has 1 amide bonds. The van der Waals surface area contributed by atoms with Crippen LogP contribution in [0.5, 0.6) is 0 Å². The van der Waals surface area contributed by atoms with Crippen LogP contribution < -0.4 is 10.9 Å². The Kier molecular flexibility index (Phi) is 8.46. The van der Waals surface area contributed by atoms with Gasteiger partial charge in [-0.1, -0.05) is 13.8 Å². The van der Waals surface area contributed by atoms with Crippen molar-refractivity contribution in [1.82, 2.24) is 24.7 Å². The number of pyridine rings is 2. The zero-order chi connectivity index (χ0) is 27.0. The van der Waals surface area contributed by atoms with Gasteiger partial charge < -0.3 is 14.8 Å². The van der Waals surface area contributed by atoms with Crippen molar-refractivity contribution >= 4 is 28.4 Å². The van der Waals surface area contributed by atoms with E-state index in [0.29, 0.717) is 12.0 Å². The van der Waals surface area contributed by atoms with Gasteiger partial charge >= 0.3 is 0 Å². The van der Waals surface area contributed by atoms with E-state index in [-0.39, 0.29) is 34.7 Å². The van der Waals surface area contributed by atoms with E-state index < -0.39 is 0 Å². The lowest BCUT2D eigenvalue weighted by Crippen LogP contribution is -2.53. The number of alkyl halides is 1. The fourth-order valence-electron chi connectivity index (χ4n) is 7.14. The van der Waals surface area contributed by atoms with E-state index in [1.165, 1.54) is 0 Å². The predicted octanol–water partition coefficient (Wildman–Crippen LogP) is 4.04. The molecule has 3 heterocycles. The summed E-state index contributed by atoms with van der Waals surface area (Å²) in [5.74, 6) is 0.617. The van der Waals surface area contributed by atoms with Gasteiger partial charge in [-0.2, -0.15) is 0 Å². The van der Waals surface area contributed by atoms with Gasteiger partial charge in [-0.25, -0.2) is 0 Å². The number of carbonyl (C=O) groups excluding carboxylic acids is 1. The Bertz CT molecular complexity index is 1210. The van der Waals surface area contributed by atoms with E-state index in [0.717, 1.165) is 93.4 Å². The summed E-state index contributed by atoms with van der Waals surface area (Å²) in [6, 6.07) is 4.48. The molecule has 7 nitrogen and oxygen atoms in total. The largest absolute Gasteiger partial charge is 0.353 e. The molecule has 208 valence electrons. The second-order valence-electron chi connectivity index (χ2n) is 12.1. The highest BCUT2D eigenvalue weighted by molar-refractivity contribution is 6.20. The first-order chi connectivity index (χ1) is 18.2. The van der Waals surface area contributed by atoms with Crippen LogP contribution in [0.15, 0.2) is 23.1 Å². The molecule has 0 bridgehead atoms. The summed E-state index contributed by atoms with van der Waals surface area (Å²) in [5, 5.41) is 4.44.